The Kier molecular flexibility index (Phi) is 6.37. The molecule has 4 aromatic rings. The highest BCUT2D eigenvalue weighted by Gasteiger charge is 2.20. The van der Waals surface area contributed by atoms with Gasteiger partial charge in [-0.25, -0.2) is 4.68 Å². The quantitative estimate of drug-likeness (QED) is 0.432. The third-order valence-electron chi connectivity index (χ3n) is 4.91. The summed E-state index contributed by atoms with van der Waals surface area (Å²) in [5, 5.41) is 14.2. The van der Waals surface area contributed by atoms with Crippen LogP contribution in [0.25, 0.3) is 5.69 Å². The average Bonchev–Trinajstić information content (AvgIpc) is 3.21. The Morgan fingerprint density at radius 3 is 2.52 bits per heavy atom. The highest BCUT2D eigenvalue weighted by atomic mass is 35.5. The molecule has 0 saturated carbocycles. The second-order valence-corrected chi connectivity index (χ2v) is 7.54. The lowest BCUT2D eigenvalue weighted by Crippen LogP contribution is -2.19. The lowest BCUT2D eigenvalue weighted by atomic mass is 10.1. The van der Waals surface area contributed by atoms with Crippen LogP contribution in [0, 0.1) is 6.92 Å². The number of carbonyl (C=O) groups is 2. The molecule has 0 unspecified atom stereocenters. The molecule has 0 aliphatic carbocycles. The summed E-state index contributed by atoms with van der Waals surface area (Å²) in [6.45, 7) is 1.73. The van der Waals surface area contributed by atoms with Crippen LogP contribution in [-0.2, 0) is 0 Å². The lowest BCUT2D eigenvalue weighted by Gasteiger charge is -2.12. The van der Waals surface area contributed by atoms with Gasteiger partial charge < -0.3 is 15.4 Å². The molecule has 0 saturated heterocycles. The maximum absolute atomic E-state index is 13.0. The average molecular weight is 462 g/mol. The second-order valence-electron chi connectivity index (χ2n) is 7.10. The maximum atomic E-state index is 13.0. The Hall–Kier alpha value is -4.17. The SMILES string of the molecule is COc1cccc(NC(=O)c2ccccc2NC(=O)c2nnn(-c3cccc(Cl)c3)c2C)c1. The van der Waals surface area contributed by atoms with Crippen molar-refractivity contribution in [1.29, 1.82) is 0 Å². The first-order valence-corrected chi connectivity index (χ1v) is 10.4. The second kappa shape index (κ2) is 9.54. The van der Waals surface area contributed by atoms with Crippen molar-refractivity contribution in [2.45, 2.75) is 6.92 Å². The highest BCUT2D eigenvalue weighted by Crippen LogP contribution is 2.22. The summed E-state index contributed by atoms with van der Waals surface area (Å²) in [7, 11) is 1.55. The summed E-state index contributed by atoms with van der Waals surface area (Å²) >= 11 is 6.06. The molecular weight excluding hydrogens is 442 g/mol. The molecule has 2 N–H and O–H groups in total. The number of hydrogen-bond acceptors (Lipinski definition) is 5. The minimum atomic E-state index is -0.484. The van der Waals surface area contributed by atoms with Gasteiger partial charge in [0, 0.05) is 16.8 Å². The van der Waals surface area contributed by atoms with Crippen molar-refractivity contribution < 1.29 is 14.3 Å². The molecule has 0 fully saturated rings. The Bertz CT molecular complexity index is 1340. The molecule has 2 amide bonds. The van der Waals surface area contributed by atoms with Crippen LogP contribution in [0.2, 0.25) is 5.02 Å². The van der Waals surface area contributed by atoms with Crippen molar-refractivity contribution in [1.82, 2.24) is 15.0 Å². The van der Waals surface area contributed by atoms with Crippen LogP contribution < -0.4 is 15.4 Å². The molecule has 33 heavy (non-hydrogen) atoms. The van der Waals surface area contributed by atoms with Gasteiger partial charge in [0.25, 0.3) is 11.8 Å². The molecule has 0 bridgehead atoms. The number of aromatic nitrogens is 3. The summed E-state index contributed by atoms with van der Waals surface area (Å²) < 4.78 is 6.72. The first kappa shape index (κ1) is 22.0. The number of benzene rings is 3. The van der Waals surface area contributed by atoms with Crippen LogP contribution in [0.4, 0.5) is 11.4 Å². The van der Waals surface area contributed by atoms with Gasteiger partial charge in [-0.1, -0.05) is 41.1 Å². The monoisotopic (exact) mass is 461 g/mol. The molecule has 4 rings (SSSR count). The molecule has 1 aromatic heterocycles. The summed E-state index contributed by atoms with van der Waals surface area (Å²) in [6, 6.07) is 20.8. The fourth-order valence-electron chi connectivity index (χ4n) is 3.26. The molecule has 8 nitrogen and oxygen atoms in total. The number of methoxy groups -OCH3 is 1. The predicted octanol–water partition coefficient (Wildman–Crippen LogP) is 4.74. The van der Waals surface area contributed by atoms with E-state index in [0.717, 1.165) is 0 Å². The third-order valence-corrected chi connectivity index (χ3v) is 5.15. The number of nitrogens with one attached hydrogen (secondary N) is 2. The van der Waals surface area contributed by atoms with E-state index in [1.165, 1.54) is 4.68 Å². The Labute approximate surface area is 195 Å². The first-order valence-electron chi connectivity index (χ1n) is 10.0. The van der Waals surface area contributed by atoms with Crippen LogP contribution in [0.1, 0.15) is 26.5 Å². The molecule has 3 aromatic carbocycles. The van der Waals surface area contributed by atoms with Crippen molar-refractivity contribution in [2.24, 2.45) is 0 Å². The van der Waals surface area contributed by atoms with Crippen molar-refractivity contribution in [3.05, 3.63) is 94.8 Å². The van der Waals surface area contributed by atoms with Gasteiger partial charge in [-0.05, 0) is 49.4 Å². The van der Waals surface area contributed by atoms with Crippen LogP contribution in [0.3, 0.4) is 0 Å². The highest BCUT2D eigenvalue weighted by molar-refractivity contribution is 6.30. The lowest BCUT2D eigenvalue weighted by molar-refractivity contribution is 0.102. The molecule has 9 heteroatoms. The molecular formula is C24H20ClN5O3. The third kappa shape index (κ3) is 4.86. The standard InChI is InChI=1S/C24H20ClN5O3/c1-15-22(28-29-30(15)18-9-5-7-16(25)13-18)24(32)27-21-12-4-3-11-20(21)23(31)26-17-8-6-10-19(14-17)33-2/h3-14H,1-2H3,(H,26,31)(H,27,32). The van der Waals surface area contributed by atoms with Crippen molar-refractivity contribution in [3.8, 4) is 11.4 Å². The van der Waals surface area contributed by atoms with Crippen LogP contribution in [0.15, 0.2) is 72.8 Å². The zero-order valence-electron chi connectivity index (χ0n) is 17.9. The maximum Gasteiger partial charge on any atom is 0.278 e. The number of nitrogens with zero attached hydrogens (tertiary/aromatic N) is 3. The number of carbonyl (C=O) groups excluding carboxylic acids is 2. The van der Waals surface area contributed by atoms with E-state index in [1.54, 1.807) is 80.8 Å². The van der Waals surface area contributed by atoms with Crippen molar-refractivity contribution in [3.63, 3.8) is 0 Å². The number of anilines is 2. The van der Waals surface area contributed by atoms with Gasteiger partial charge in [-0.15, -0.1) is 5.10 Å². The molecule has 0 aliphatic heterocycles. The topological polar surface area (TPSA) is 98.1 Å². The van der Waals surface area contributed by atoms with E-state index in [2.05, 4.69) is 20.9 Å². The number of amides is 2. The molecule has 0 atom stereocenters. The van der Waals surface area contributed by atoms with Gasteiger partial charge in [-0.2, -0.15) is 0 Å². The van der Waals surface area contributed by atoms with Gasteiger partial charge >= 0.3 is 0 Å². The number of halogens is 1. The minimum absolute atomic E-state index is 0.137. The van der Waals surface area contributed by atoms with E-state index in [9.17, 15) is 9.59 Å². The predicted molar refractivity (Wildman–Crippen MR) is 126 cm³/mol. The van der Waals surface area contributed by atoms with E-state index in [4.69, 9.17) is 16.3 Å². The van der Waals surface area contributed by atoms with E-state index < -0.39 is 5.91 Å². The van der Waals surface area contributed by atoms with Gasteiger partial charge in [0.2, 0.25) is 0 Å². The smallest absolute Gasteiger partial charge is 0.278 e. The first-order chi connectivity index (χ1) is 16.0. The van der Waals surface area contributed by atoms with Crippen LogP contribution in [-0.4, -0.2) is 33.9 Å². The zero-order valence-corrected chi connectivity index (χ0v) is 18.6. The van der Waals surface area contributed by atoms with E-state index >= 15 is 0 Å². The summed E-state index contributed by atoms with van der Waals surface area (Å²) in [5.41, 5.74) is 2.57. The Morgan fingerprint density at radius 2 is 1.73 bits per heavy atom. The van der Waals surface area contributed by atoms with Gasteiger partial charge in [-0.3, -0.25) is 9.59 Å². The number of rotatable bonds is 6. The summed E-state index contributed by atoms with van der Waals surface area (Å²) in [6.07, 6.45) is 0. The number of hydrogen-bond donors (Lipinski definition) is 2. The van der Waals surface area contributed by atoms with Gasteiger partial charge in [0.15, 0.2) is 5.69 Å². The van der Waals surface area contributed by atoms with Gasteiger partial charge in [0.1, 0.15) is 5.75 Å². The Balaban J connectivity index is 1.56. The molecule has 0 aliphatic rings. The minimum Gasteiger partial charge on any atom is -0.497 e. The Morgan fingerprint density at radius 1 is 0.939 bits per heavy atom. The summed E-state index contributed by atoms with van der Waals surface area (Å²) in [4.78, 5) is 25.9. The largest absolute Gasteiger partial charge is 0.497 e. The fraction of sp³-hybridized carbons (Fsp3) is 0.0833. The fourth-order valence-corrected chi connectivity index (χ4v) is 3.45. The normalized spacial score (nSPS) is 10.5. The van der Waals surface area contributed by atoms with Crippen molar-refractivity contribution >= 4 is 34.8 Å². The van der Waals surface area contributed by atoms with E-state index in [1.807, 2.05) is 6.07 Å². The zero-order chi connectivity index (χ0) is 23.4. The molecule has 166 valence electrons. The molecule has 0 radical (unpaired) electrons. The number of ether oxygens (including phenoxy) is 1. The number of para-hydroxylation sites is 1. The molecule has 1 heterocycles. The van der Waals surface area contributed by atoms with Gasteiger partial charge in [0.05, 0.1) is 29.7 Å². The van der Waals surface area contributed by atoms with E-state index in [-0.39, 0.29) is 11.6 Å². The summed E-state index contributed by atoms with van der Waals surface area (Å²) in [5.74, 6) is -0.242. The van der Waals surface area contributed by atoms with Crippen molar-refractivity contribution in [2.75, 3.05) is 17.7 Å². The molecule has 0 spiro atoms. The van der Waals surface area contributed by atoms with Crippen LogP contribution in [0.5, 0.6) is 5.75 Å². The van der Waals surface area contributed by atoms with E-state index in [0.29, 0.717) is 39.1 Å². The van der Waals surface area contributed by atoms with Crippen LogP contribution >= 0.6 is 11.6 Å².